The van der Waals surface area contributed by atoms with Crippen LogP contribution in [0.2, 0.25) is 5.02 Å². The van der Waals surface area contributed by atoms with Crippen LogP contribution in [0.3, 0.4) is 0 Å². The summed E-state index contributed by atoms with van der Waals surface area (Å²) in [6, 6.07) is 5.20. The molecule has 0 aliphatic rings. The zero-order chi connectivity index (χ0) is 13.0. The quantitative estimate of drug-likeness (QED) is 0.851. The summed E-state index contributed by atoms with van der Waals surface area (Å²) >= 11 is 9.17. The molecule has 3 nitrogen and oxygen atoms in total. The van der Waals surface area contributed by atoms with Crippen LogP contribution in [-0.2, 0) is 4.79 Å². The number of rotatable bonds is 4. The van der Waals surface area contributed by atoms with Gasteiger partial charge in [-0.1, -0.05) is 11.6 Å². The Kier molecular flexibility index (Phi) is 5.28. The number of carbonyl (C=O) groups excluding carboxylic acids is 1. The van der Waals surface area contributed by atoms with E-state index in [0.29, 0.717) is 17.3 Å². The van der Waals surface area contributed by atoms with Crippen molar-refractivity contribution < 1.29 is 9.53 Å². The third-order valence-electron chi connectivity index (χ3n) is 2.40. The van der Waals surface area contributed by atoms with Crippen molar-refractivity contribution >= 4 is 33.4 Å². The van der Waals surface area contributed by atoms with Crippen molar-refractivity contribution in [3.05, 3.63) is 27.7 Å². The largest absolute Gasteiger partial charge is 0.480 e. The van der Waals surface area contributed by atoms with Gasteiger partial charge in [-0.2, -0.15) is 0 Å². The van der Waals surface area contributed by atoms with Crippen molar-refractivity contribution in [3.8, 4) is 5.75 Å². The number of likely N-dealkylation sites (N-methyl/N-ethyl adjacent to an activating group) is 1. The summed E-state index contributed by atoms with van der Waals surface area (Å²) in [5.74, 6) is 0.564. The highest BCUT2D eigenvalue weighted by atomic mass is 79.9. The van der Waals surface area contributed by atoms with E-state index in [-0.39, 0.29) is 5.91 Å². The summed E-state index contributed by atoms with van der Waals surface area (Å²) in [6.45, 7) is 4.31. The lowest BCUT2D eigenvalue weighted by Crippen LogP contribution is -2.37. The Morgan fingerprint density at radius 3 is 2.76 bits per heavy atom. The standard InChI is InChI=1S/C12H15BrClNO2/c1-4-15(3)12(16)8(2)17-11-6-5-9(14)7-10(11)13/h5-8H,4H2,1-3H3. The monoisotopic (exact) mass is 319 g/mol. The van der Waals surface area contributed by atoms with E-state index in [2.05, 4.69) is 15.9 Å². The van der Waals surface area contributed by atoms with E-state index >= 15 is 0 Å². The fourth-order valence-corrected chi connectivity index (χ4v) is 2.05. The van der Waals surface area contributed by atoms with Crippen LogP contribution in [0.15, 0.2) is 22.7 Å². The molecule has 0 bridgehead atoms. The Morgan fingerprint density at radius 1 is 1.59 bits per heavy atom. The molecule has 5 heteroatoms. The molecule has 17 heavy (non-hydrogen) atoms. The maximum absolute atomic E-state index is 11.8. The number of nitrogens with zero attached hydrogens (tertiary/aromatic N) is 1. The van der Waals surface area contributed by atoms with E-state index in [9.17, 15) is 4.79 Å². The molecule has 0 fully saturated rings. The first kappa shape index (κ1) is 14.3. The molecule has 1 amide bonds. The van der Waals surface area contributed by atoms with Gasteiger partial charge in [-0.05, 0) is 48.0 Å². The van der Waals surface area contributed by atoms with Crippen LogP contribution in [0.4, 0.5) is 0 Å². The van der Waals surface area contributed by atoms with Crippen molar-refractivity contribution in [2.45, 2.75) is 20.0 Å². The maximum atomic E-state index is 11.8. The van der Waals surface area contributed by atoms with Crippen molar-refractivity contribution in [1.82, 2.24) is 4.90 Å². The molecule has 0 radical (unpaired) electrons. The average molecular weight is 321 g/mol. The molecular formula is C12H15BrClNO2. The van der Waals surface area contributed by atoms with Gasteiger partial charge in [0.2, 0.25) is 0 Å². The lowest BCUT2D eigenvalue weighted by molar-refractivity contribution is -0.136. The fraction of sp³-hybridized carbons (Fsp3) is 0.417. The fourth-order valence-electron chi connectivity index (χ4n) is 1.28. The molecule has 0 saturated carbocycles. The first-order valence-corrected chi connectivity index (χ1v) is 6.49. The second-order valence-corrected chi connectivity index (χ2v) is 4.98. The molecule has 0 heterocycles. The number of hydrogen-bond acceptors (Lipinski definition) is 2. The van der Waals surface area contributed by atoms with E-state index in [4.69, 9.17) is 16.3 Å². The second-order valence-electron chi connectivity index (χ2n) is 3.69. The number of carbonyl (C=O) groups is 1. The topological polar surface area (TPSA) is 29.5 Å². The van der Waals surface area contributed by atoms with Gasteiger partial charge in [0.1, 0.15) is 5.75 Å². The molecule has 0 spiro atoms. The molecular weight excluding hydrogens is 305 g/mol. The smallest absolute Gasteiger partial charge is 0.263 e. The summed E-state index contributed by atoms with van der Waals surface area (Å²) in [6.07, 6.45) is -0.516. The average Bonchev–Trinajstić information content (AvgIpc) is 2.30. The lowest BCUT2D eigenvalue weighted by atomic mass is 10.3. The first-order chi connectivity index (χ1) is 7.95. The molecule has 1 aromatic rings. The van der Waals surface area contributed by atoms with E-state index in [1.165, 1.54) is 0 Å². The predicted octanol–water partition coefficient (Wildman–Crippen LogP) is 3.35. The molecule has 1 aromatic carbocycles. The van der Waals surface area contributed by atoms with Crippen LogP contribution in [0.25, 0.3) is 0 Å². The van der Waals surface area contributed by atoms with Crippen LogP contribution in [0.5, 0.6) is 5.75 Å². The Balaban J connectivity index is 2.74. The zero-order valence-corrected chi connectivity index (χ0v) is 12.4. The number of halogens is 2. The molecule has 0 saturated heterocycles. The summed E-state index contributed by atoms with van der Waals surface area (Å²) in [5, 5.41) is 0.619. The van der Waals surface area contributed by atoms with E-state index in [1.54, 1.807) is 37.1 Å². The molecule has 0 aliphatic carbocycles. The summed E-state index contributed by atoms with van der Waals surface area (Å²) < 4.78 is 6.33. The third-order valence-corrected chi connectivity index (χ3v) is 3.25. The number of benzene rings is 1. The Morgan fingerprint density at radius 2 is 2.24 bits per heavy atom. The molecule has 1 atom stereocenters. The normalized spacial score (nSPS) is 12.1. The van der Waals surface area contributed by atoms with Gasteiger partial charge in [0.15, 0.2) is 6.10 Å². The van der Waals surface area contributed by atoms with Crippen LogP contribution in [-0.4, -0.2) is 30.5 Å². The molecule has 0 aliphatic heterocycles. The Hall–Kier alpha value is -0.740. The minimum absolute atomic E-state index is 0.0469. The van der Waals surface area contributed by atoms with Gasteiger partial charge in [-0.3, -0.25) is 4.79 Å². The highest BCUT2D eigenvalue weighted by molar-refractivity contribution is 9.10. The summed E-state index contributed by atoms with van der Waals surface area (Å²) in [5.41, 5.74) is 0. The van der Waals surface area contributed by atoms with Crippen molar-refractivity contribution in [3.63, 3.8) is 0 Å². The molecule has 94 valence electrons. The van der Waals surface area contributed by atoms with Crippen molar-refractivity contribution in [1.29, 1.82) is 0 Å². The first-order valence-electron chi connectivity index (χ1n) is 5.32. The lowest BCUT2D eigenvalue weighted by Gasteiger charge is -2.21. The number of hydrogen-bond donors (Lipinski definition) is 0. The van der Waals surface area contributed by atoms with Gasteiger partial charge in [0, 0.05) is 18.6 Å². The predicted molar refractivity (Wildman–Crippen MR) is 72.6 cm³/mol. The molecule has 1 unspecified atom stereocenters. The Labute approximate surface area is 115 Å². The minimum Gasteiger partial charge on any atom is -0.480 e. The van der Waals surface area contributed by atoms with E-state index < -0.39 is 6.10 Å². The highest BCUT2D eigenvalue weighted by Gasteiger charge is 2.18. The number of amides is 1. The minimum atomic E-state index is -0.516. The summed E-state index contributed by atoms with van der Waals surface area (Å²) in [7, 11) is 1.75. The van der Waals surface area contributed by atoms with Gasteiger partial charge < -0.3 is 9.64 Å². The third kappa shape index (κ3) is 3.89. The maximum Gasteiger partial charge on any atom is 0.263 e. The van der Waals surface area contributed by atoms with Gasteiger partial charge in [0.05, 0.1) is 4.47 Å². The summed E-state index contributed by atoms with van der Waals surface area (Å²) in [4.78, 5) is 13.4. The second kappa shape index (κ2) is 6.26. The number of ether oxygens (including phenoxy) is 1. The van der Waals surface area contributed by atoms with Gasteiger partial charge in [0.25, 0.3) is 5.91 Å². The van der Waals surface area contributed by atoms with Crippen LogP contribution in [0.1, 0.15) is 13.8 Å². The van der Waals surface area contributed by atoms with Crippen molar-refractivity contribution in [2.75, 3.05) is 13.6 Å². The molecule has 0 N–H and O–H groups in total. The zero-order valence-electron chi connectivity index (χ0n) is 10.0. The van der Waals surface area contributed by atoms with E-state index in [0.717, 1.165) is 4.47 Å². The Bertz CT molecular complexity index is 411. The van der Waals surface area contributed by atoms with Gasteiger partial charge >= 0.3 is 0 Å². The molecule has 0 aromatic heterocycles. The highest BCUT2D eigenvalue weighted by Crippen LogP contribution is 2.28. The van der Waals surface area contributed by atoms with Gasteiger partial charge in [-0.15, -0.1) is 0 Å². The van der Waals surface area contributed by atoms with Crippen LogP contribution in [0, 0.1) is 0 Å². The van der Waals surface area contributed by atoms with Crippen LogP contribution >= 0.6 is 27.5 Å². The van der Waals surface area contributed by atoms with E-state index in [1.807, 2.05) is 6.92 Å². The SMILES string of the molecule is CCN(C)C(=O)C(C)Oc1ccc(Cl)cc1Br. The van der Waals surface area contributed by atoms with Crippen LogP contribution < -0.4 is 4.74 Å². The van der Waals surface area contributed by atoms with Gasteiger partial charge in [-0.25, -0.2) is 0 Å². The van der Waals surface area contributed by atoms with Crippen molar-refractivity contribution in [2.24, 2.45) is 0 Å². The molecule has 1 rings (SSSR count).